The molecule has 0 aliphatic carbocycles. The van der Waals surface area contributed by atoms with Crippen molar-refractivity contribution in [1.82, 2.24) is 5.32 Å². The molecule has 2 rings (SSSR count). The van der Waals surface area contributed by atoms with Crippen LogP contribution >= 0.6 is 15.9 Å². The van der Waals surface area contributed by atoms with E-state index in [0.717, 1.165) is 29.0 Å². The normalized spacial score (nSPS) is 10.5. The van der Waals surface area contributed by atoms with Crippen LogP contribution in [0, 0.1) is 0 Å². The lowest BCUT2D eigenvalue weighted by molar-refractivity contribution is 0.415. The highest BCUT2D eigenvalue weighted by atomic mass is 79.9. The van der Waals surface area contributed by atoms with Crippen LogP contribution in [0.15, 0.2) is 46.9 Å². The molecule has 0 aliphatic heterocycles. The van der Waals surface area contributed by atoms with Crippen LogP contribution in [-0.4, -0.2) is 20.7 Å². The number of benzene rings is 2. The molecule has 0 fully saturated rings. The van der Waals surface area contributed by atoms with Gasteiger partial charge in [-0.3, -0.25) is 0 Å². The average molecular weight is 349 g/mol. The second-order valence-electron chi connectivity index (χ2n) is 4.81. The summed E-state index contributed by atoms with van der Waals surface area (Å²) in [4.78, 5) is 2.18. The molecular weight excluding hydrogens is 328 g/mol. The smallest absolute Gasteiger partial charge is 0.120 e. The van der Waals surface area contributed by atoms with Crippen molar-refractivity contribution in [1.29, 1.82) is 0 Å². The Labute approximate surface area is 135 Å². The van der Waals surface area contributed by atoms with Crippen LogP contribution in [0.5, 0.6) is 5.75 Å². The van der Waals surface area contributed by atoms with Gasteiger partial charge in [-0.2, -0.15) is 0 Å². The van der Waals surface area contributed by atoms with E-state index in [1.165, 1.54) is 11.3 Å². The van der Waals surface area contributed by atoms with Crippen molar-refractivity contribution in [3.8, 4) is 5.75 Å². The molecule has 0 bridgehead atoms. The van der Waals surface area contributed by atoms with Crippen LogP contribution in [0.25, 0.3) is 0 Å². The Morgan fingerprint density at radius 1 is 1.19 bits per heavy atom. The number of halogens is 1. The van der Waals surface area contributed by atoms with E-state index < -0.39 is 0 Å². The molecule has 0 aromatic heterocycles. The molecule has 0 radical (unpaired) electrons. The van der Waals surface area contributed by atoms with Crippen molar-refractivity contribution >= 4 is 27.3 Å². The second-order valence-corrected chi connectivity index (χ2v) is 5.73. The minimum Gasteiger partial charge on any atom is -0.497 e. The summed E-state index contributed by atoms with van der Waals surface area (Å²) in [7, 11) is 3.77. The largest absolute Gasteiger partial charge is 0.497 e. The molecule has 3 nitrogen and oxygen atoms in total. The summed E-state index contributed by atoms with van der Waals surface area (Å²) in [5.74, 6) is 0.865. The van der Waals surface area contributed by atoms with Gasteiger partial charge < -0.3 is 15.0 Å². The standard InChI is InChI=1S/C17H21BrN2O/c1-4-19-12-13-10-14(18)8-9-17(13)20(2)15-6-5-7-16(11-15)21-3/h5-11,19H,4,12H2,1-3H3. The van der Waals surface area contributed by atoms with Gasteiger partial charge in [-0.25, -0.2) is 0 Å². The number of methoxy groups -OCH3 is 1. The Kier molecular flexibility index (Phi) is 5.65. The topological polar surface area (TPSA) is 24.5 Å². The van der Waals surface area contributed by atoms with E-state index in [-0.39, 0.29) is 0 Å². The number of hydrogen-bond acceptors (Lipinski definition) is 3. The Hall–Kier alpha value is -1.52. The first-order valence-corrected chi connectivity index (χ1v) is 7.82. The molecule has 0 unspecified atom stereocenters. The minimum absolute atomic E-state index is 0.847. The van der Waals surface area contributed by atoms with Gasteiger partial charge in [0.2, 0.25) is 0 Å². The zero-order valence-corrected chi connectivity index (χ0v) is 14.3. The Morgan fingerprint density at radius 2 is 2.00 bits per heavy atom. The summed E-state index contributed by atoms with van der Waals surface area (Å²) < 4.78 is 6.40. The van der Waals surface area contributed by atoms with Gasteiger partial charge in [-0.15, -0.1) is 0 Å². The summed E-state index contributed by atoms with van der Waals surface area (Å²) in [6, 6.07) is 14.5. The molecule has 0 aliphatic rings. The lowest BCUT2D eigenvalue weighted by Crippen LogP contribution is -2.17. The second kappa shape index (κ2) is 7.48. The summed E-state index contributed by atoms with van der Waals surface area (Å²) in [5.41, 5.74) is 3.55. The quantitative estimate of drug-likeness (QED) is 0.840. The average Bonchev–Trinajstić information content (AvgIpc) is 2.52. The molecule has 112 valence electrons. The highest BCUT2D eigenvalue weighted by Gasteiger charge is 2.10. The van der Waals surface area contributed by atoms with E-state index in [4.69, 9.17) is 4.74 Å². The lowest BCUT2D eigenvalue weighted by Gasteiger charge is -2.23. The van der Waals surface area contributed by atoms with Crippen LogP contribution in [0.1, 0.15) is 12.5 Å². The van der Waals surface area contributed by atoms with Crippen molar-refractivity contribution < 1.29 is 4.74 Å². The maximum Gasteiger partial charge on any atom is 0.120 e. The fourth-order valence-electron chi connectivity index (χ4n) is 2.24. The Morgan fingerprint density at radius 3 is 2.71 bits per heavy atom. The van der Waals surface area contributed by atoms with Gasteiger partial charge in [-0.05, 0) is 42.4 Å². The minimum atomic E-state index is 0.847. The third-order valence-electron chi connectivity index (χ3n) is 3.41. The van der Waals surface area contributed by atoms with Gasteiger partial charge >= 0.3 is 0 Å². The van der Waals surface area contributed by atoms with Gasteiger partial charge in [0, 0.05) is 35.5 Å². The molecule has 21 heavy (non-hydrogen) atoms. The zero-order chi connectivity index (χ0) is 15.2. The Balaban J connectivity index is 2.34. The maximum absolute atomic E-state index is 5.31. The number of nitrogens with one attached hydrogen (secondary N) is 1. The van der Waals surface area contributed by atoms with Crippen molar-refractivity contribution in [2.45, 2.75) is 13.5 Å². The van der Waals surface area contributed by atoms with E-state index in [1.807, 2.05) is 18.2 Å². The van der Waals surface area contributed by atoms with Crippen molar-refractivity contribution in [3.05, 3.63) is 52.5 Å². The summed E-state index contributed by atoms with van der Waals surface area (Å²) in [6.07, 6.45) is 0. The van der Waals surface area contributed by atoms with E-state index in [2.05, 4.69) is 64.4 Å². The van der Waals surface area contributed by atoms with Crippen LogP contribution in [0.4, 0.5) is 11.4 Å². The van der Waals surface area contributed by atoms with Crippen LogP contribution in [0.2, 0.25) is 0 Å². The highest BCUT2D eigenvalue weighted by Crippen LogP contribution is 2.31. The first-order chi connectivity index (χ1) is 10.2. The molecule has 0 saturated carbocycles. The number of hydrogen-bond donors (Lipinski definition) is 1. The molecule has 2 aromatic rings. The number of rotatable bonds is 6. The fourth-order valence-corrected chi connectivity index (χ4v) is 2.65. The molecule has 0 amide bonds. The third-order valence-corrected chi connectivity index (χ3v) is 3.90. The first kappa shape index (κ1) is 15.9. The molecule has 0 atom stereocenters. The maximum atomic E-state index is 5.31. The van der Waals surface area contributed by atoms with E-state index in [0.29, 0.717) is 0 Å². The van der Waals surface area contributed by atoms with Gasteiger partial charge in [0.1, 0.15) is 5.75 Å². The molecule has 4 heteroatoms. The van der Waals surface area contributed by atoms with E-state index >= 15 is 0 Å². The fraction of sp³-hybridized carbons (Fsp3) is 0.294. The predicted molar refractivity (Wildman–Crippen MR) is 92.6 cm³/mol. The first-order valence-electron chi connectivity index (χ1n) is 7.02. The van der Waals surface area contributed by atoms with Crippen LogP contribution in [0.3, 0.4) is 0 Å². The zero-order valence-electron chi connectivity index (χ0n) is 12.7. The molecule has 0 saturated heterocycles. The number of anilines is 2. The van der Waals surface area contributed by atoms with Gasteiger partial charge in [-0.1, -0.05) is 28.9 Å². The SMILES string of the molecule is CCNCc1cc(Br)ccc1N(C)c1cccc(OC)c1. The van der Waals surface area contributed by atoms with Gasteiger partial charge in [0.05, 0.1) is 7.11 Å². The van der Waals surface area contributed by atoms with Crippen LogP contribution in [-0.2, 0) is 6.54 Å². The van der Waals surface area contributed by atoms with Crippen LogP contribution < -0.4 is 15.0 Å². The van der Waals surface area contributed by atoms with E-state index in [9.17, 15) is 0 Å². The number of ether oxygens (including phenoxy) is 1. The van der Waals surface area contributed by atoms with Gasteiger partial charge in [0.15, 0.2) is 0 Å². The molecule has 0 heterocycles. The summed E-state index contributed by atoms with van der Waals surface area (Å²) in [6.45, 7) is 3.91. The molecule has 2 aromatic carbocycles. The summed E-state index contributed by atoms with van der Waals surface area (Å²) >= 11 is 3.55. The summed E-state index contributed by atoms with van der Waals surface area (Å²) in [5, 5.41) is 3.39. The predicted octanol–water partition coefficient (Wildman–Crippen LogP) is 4.34. The lowest BCUT2D eigenvalue weighted by atomic mass is 10.1. The van der Waals surface area contributed by atoms with Gasteiger partial charge in [0.25, 0.3) is 0 Å². The van der Waals surface area contributed by atoms with Crippen molar-refractivity contribution in [2.24, 2.45) is 0 Å². The number of nitrogens with zero attached hydrogens (tertiary/aromatic N) is 1. The third kappa shape index (κ3) is 3.99. The van der Waals surface area contributed by atoms with Crippen molar-refractivity contribution in [3.63, 3.8) is 0 Å². The monoisotopic (exact) mass is 348 g/mol. The highest BCUT2D eigenvalue weighted by molar-refractivity contribution is 9.10. The van der Waals surface area contributed by atoms with Crippen molar-refractivity contribution in [2.75, 3.05) is 25.6 Å². The van der Waals surface area contributed by atoms with E-state index in [1.54, 1.807) is 7.11 Å². The molecule has 1 N–H and O–H groups in total. The molecular formula is C17H21BrN2O. The molecule has 0 spiro atoms. The Bertz CT molecular complexity index is 601.